The van der Waals surface area contributed by atoms with Crippen molar-refractivity contribution in [1.29, 1.82) is 5.26 Å². The van der Waals surface area contributed by atoms with Crippen LogP contribution in [0.3, 0.4) is 0 Å². The number of rotatable bonds is 5. The molecule has 0 saturated carbocycles. The molecule has 0 bridgehead atoms. The van der Waals surface area contributed by atoms with Crippen LogP contribution in [0.4, 0.5) is 0 Å². The van der Waals surface area contributed by atoms with Gasteiger partial charge in [0.2, 0.25) is 5.89 Å². The fourth-order valence-corrected chi connectivity index (χ4v) is 2.73. The third kappa shape index (κ3) is 3.71. The highest BCUT2D eigenvalue weighted by Gasteiger charge is 2.09. The van der Waals surface area contributed by atoms with E-state index in [0.29, 0.717) is 22.9 Å². The molecule has 4 rings (SSSR count). The first-order valence-electron chi connectivity index (χ1n) is 8.63. The molecule has 136 valence electrons. The van der Waals surface area contributed by atoms with Crippen molar-refractivity contribution < 1.29 is 13.9 Å². The maximum absolute atomic E-state index is 9.04. The van der Waals surface area contributed by atoms with E-state index < -0.39 is 0 Å². The number of aromatic nitrogens is 1. The standard InChI is InChI=1S/C23H16N2O3/c1-26-19-9-11-21(12-10-19)28-20-7-5-17(6-8-20)23-25-22(15-27-23)18-4-2-3-16(13-18)14-24/h2-13,15H,1H3. The molecule has 0 unspecified atom stereocenters. The van der Waals surface area contributed by atoms with E-state index in [4.69, 9.17) is 19.2 Å². The normalized spacial score (nSPS) is 10.3. The number of nitrogens with zero attached hydrogens (tertiary/aromatic N) is 2. The van der Waals surface area contributed by atoms with Crippen molar-refractivity contribution in [2.24, 2.45) is 0 Å². The number of ether oxygens (including phenoxy) is 2. The molecule has 1 aromatic heterocycles. The summed E-state index contributed by atoms with van der Waals surface area (Å²) in [5.41, 5.74) is 2.95. The highest BCUT2D eigenvalue weighted by atomic mass is 16.5. The minimum atomic E-state index is 0.508. The van der Waals surface area contributed by atoms with Crippen molar-refractivity contribution in [3.05, 3.63) is 84.6 Å². The summed E-state index contributed by atoms with van der Waals surface area (Å²) in [6.45, 7) is 0. The van der Waals surface area contributed by atoms with Gasteiger partial charge in [-0.1, -0.05) is 12.1 Å². The first-order chi connectivity index (χ1) is 13.7. The van der Waals surface area contributed by atoms with Gasteiger partial charge in [-0.2, -0.15) is 5.26 Å². The lowest BCUT2D eigenvalue weighted by molar-refractivity contribution is 0.413. The monoisotopic (exact) mass is 368 g/mol. The minimum absolute atomic E-state index is 0.508. The van der Waals surface area contributed by atoms with Crippen LogP contribution in [0.15, 0.2) is 83.5 Å². The predicted molar refractivity (Wildman–Crippen MR) is 105 cm³/mol. The van der Waals surface area contributed by atoms with Crippen LogP contribution >= 0.6 is 0 Å². The summed E-state index contributed by atoms with van der Waals surface area (Å²) >= 11 is 0. The quantitative estimate of drug-likeness (QED) is 0.453. The van der Waals surface area contributed by atoms with Gasteiger partial charge < -0.3 is 13.9 Å². The summed E-state index contributed by atoms with van der Waals surface area (Å²) in [7, 11) is 1.63. The van der Waals surface area contributed by atoms with Gasteiger partial charge in [-0.15, -0.1) is 0 Å². The Balaban J connectivity index is 1.51. The molecule has 0 aliphatic carbocycles. The van der Waals surface area contributed by atoms with Crippen molar-refractivity contribution >= 4 is 0 Å². The Bertz CT molecular complexity index is 1120. The van der Waals surface area contributed by atoms with Gasteiger partial charge in [0, 0.05) is 11.1 Å². The number of methoxy groups -OCH3 is 1. The Morgan fingerprint density at radius 2 is 1.54 bits per heavy atom. The largest absolute Gasteiger partial charge is 0.497 e. The molecule has 3 aromatic carbocycles. The maximum Gasteiger partial charge on any atom is 0.226 e. The molecule has 5 heteroatoms. The van der Waals surface area contributed by atoms with Crippen LogP contribution in [-0.2, 0) is 0 Å². The van der Waals surface area contributed by atoms with Crippen molar-refractivity contribution in [3.63, 3.8) is 0 Å². The summed E-state index contributed by atoms with van der Waals surface area (Å²) in [4.78, 5) is 4.53. The molecule has 0 aliphatic rings. The molecule has 0 spiro atoms. The topological polar surface area (TPSA) is 68.3 Å². The highest BCUT2D eigenvalue weighted by molar-refractivity contribution is 5.64. The zero-order valence-electron chi connectivity index (χ0n) is 15.1. The number of hydrogen-bond donors (Lipinski definition) is 0. The molecule has 1 heterocycles. The summed E-state index contributed by atoms with van der Waals surface area (Å²) in [5.74, 6) is 2.72. The molecule has 4 aromatic rings. The van der Waals surface area contributed by atoms with E-state index in [1.807, 2.05) is 60.7 Å². The predicted octanol–water partition coefficient (Wildman–Crippen LogP) is 5.68. The lowest BCUT2D eigenvalue weighted by Gasteiger charge is -2.07. The molecular formula is C23H16N2O3. The van der Waals surface area contributed by atoms with Crippen molar-refractivity contribution in [2.45, 2.75) is 0 Å². The van der Waals surface area contributed by atoms with Gasteiger partial charge >= 0.3 is 0 Å². The molecule has 5 nitrogen and oxygen atoms in total. The first kappa shape index (κ1) is 17.4. The SMILES string of the molecule is COc1ccc(Oc2ccc(-c3nc(-c4cccc(C#N)c4)co3)cc2)cc1. The smallest absolute Gasteiger partial charge is 0.226 e. The molecule has 0 N–H and O–H groups in total. The second-order valence-electron chi connectivity index (χ2n) is 6.03. The third-order valence-electron chi connectivity index (χ3n) is 4.19. The van der Waals surface area contributed by atoms with Gasteiger partial charge in [0.1, 0.15) is 29.2 Å². The number of nitriles is 1. The lowest BCUT2D eigenvalue weighted by Crippen LogP contribution is -1.86. The molecule has 28 heavy (non-hydrogen) atoms. The number of hydrogen-bond acceptors (Lipinski definition) is 5. The van der Waals surface area contributed by atoms with E-state index in [1.54, 1.807) is 25.5 Å². The fraction of sp³-hybridized carbons (Fsp3) is 0.0435. The molecular weight excluding hydrogens is 352 g/mol. The van der Waals surface area contributed by atoms with Crippen LogP contribution in [0.1, 0.15) is 5.56 Å². The summed E-state index contributed by atoms with van der Waals surface area (Å²) in [5, 5.41) is 9.04. The first-order valence-corrected chi connectivity index (χ1v) is 8.63. The molecule has 0 aliphatic heterocycles. The second kappa shape index (κ2) is 7.68. The van der Waals surface area contributed by atoms with Crippen molar-refractivity contribution in [1.82, 2.24) is 4.98 Å². The van der Waals surface area contributed by atoms with Crippen LogP contribution in [0.25, 0.3) is 22.7 Å². The average Bonchev–Trinajstić information content (AvgIpc) is 3.25. The summed E-state index contributed by atoms with van der Waals surface area (Å²) in [6.07, 6.45) is 1.59. The summed E-state index contributed by atoms with van der Waals surface area (Å²) < 4.78 is 16.6. The zero-order chi connectivity index (χ0) is 19.3. The minimum Gasteiger partial charge on any atom is -0.497 e. The van der Waals surface area contributed by atoms with E-state index in [-0.39, 0.29) is 0 Å². The second-order valence-corrected chi connectivity index (χ2v) is 6.03. The Labute approximate surface area is 162 Å². The maximum atomic E-state index is 9.04. The van der Waals surface area contributed by atoms with E-state index >= 15 is 0 Å². The van der Waals surface area contributed by atoms with Crippen molar-refractivity contribution in [2.75, 3.05) is 7.11 Å². The van der Waals surface area contributed by atoms with Crippen LogP contribution < -0.4 is 9.47 Å². The van der Waals surface area contributed by atoms with Gasteiger partial charge in [-0.3, -0.25) is 0 Å². The number of oxazole rings is 1. The van der Waals surface area contributed by atoms with Crippen LogP contribution in [0, 0.1) is 11.3 Å². The van der Waals surface area contributed by atoms with Gasteiger partial charge in [0.05, 0.1) is 18.7 Å². The fourth-order valence-electron chi connectivity index (χ4n) is 2.73. The Morgan fingerprint density at radius 3 is 2.21 bits per heavy atom. The van der Waals surface area contributed by atoms with E-state index in [2.05, 4.69) is 11.1 Å². The summed E-state index contributed by atoms with van der Waals surface area (Å²) in [6, 6.07) is 24.3. The molecule has 0 amide bonds. The van der Waals surface area contributed by atoms with Gasteiger partial charge in [0.25, 0.3) is 0 Å². The highest BCUT2D eigenvalue weighted by Crippen LogP contribution is 2.28. The lowest BCUT2D eigenvalue weighted by atomic mass is 10.1. The van der Waals surface area contributed by atoms with Gasteiger partial charge in [-0.05, 0) is 60.7 Å². The van der Waals surface area contributed by atoms with E-state index in [9.17, 15) is 0 Å². The Hall–Kier alpha value is -4.04. The average molecular weight is 368 g/mol. The number of benzene rings is 3. The molecule has 0 saturated heterocycles. The van der Waals surface area contributed by atoms with Crippen LogP contribution in [0.5, 0.6) is 17.2 Å². The van der Waals surface area contributed by atoms with Crippen LogP contribution in [-0.4, -0.2) is 12.1 Å². The van der Waals surface area contributed by atoms with Crippen LogP contribution in [0.2, 0.25) is 0 Å². The van der Waals surface area contributed by atoms with E-state index in [0.717, 1.165) is 22.6 Å². The van der Waals surface area contributed by atoms with E-state index in [1.165, 1.54) is 0 Å². The van der Waals surface area contributed by atoms with Crippen molar-refractivity contribution in [3.8, 4) is 46.0 Å². The van der Waals surface area contributed by atoms with Gasteiger partial charge in [0.15, 0.2) is 0 Å². The zero-order valence-corrected chi connectivity index (χ0v) is 15.1. The Morgan fingerprint density at radius 1 is 0.857 bits per heavy atom. The third-order valence-corrected chi connectivity index (χ3v) is 4.19. The molecule has 0 atom stereocenters. The molecule has 0 radical (unpaired) electrons. The Kier molecular flexibility index (Phi) is 4.77. The van der Waals surface area contributed by atoms with Gasteiger partial charge in [-0.25, -0.2) is 4.98 Å². The molecule has 0 fully saturated rings.